The summed E-state index contributed by atoms with van der Waals surface area (Å²) in [7, 11) is 1.90. The molecule has 0 aliphatic carbocycles. The molecule has 0 amide bonds. The number of rotatable bonds is 5. The maximum atomic E-state index is 3.89. The largest absolute Gasteiger partial charge is 0.307 e. The van der Waals surface area contributed by atoms with Crippen LogP contribution in [0.2, 0.25) is 0 Å². The first-order valence-corrected chi connectivity index (χ1v) is 5.91. The minimum absolute atomic E-state index is 0.791. The van der Waals surface area contributed by atoms with Gasteiger partial charge in [0.2, 0.25) is 0 Å². The van der Waals surface area contributed by atoms with Crippen molar-refractivity contribution >= 4 is 0 Å². The van der Waals surface area contributed by atoms with E-state index in [9.17, 15) is 0 Å². The van der Waals surface area contributed by atoms with Gasteiger partial charge in [0, 0.05) is 20.1 Å². The predicted molar refractivity (Wildman–Crippen MR) is 67.4 cm³/mol. The second-order valence-electron chi connectivity index (χ2n) is 4.12. The molecule has 0 atom stereocenters. The van der Waals surface area contributed by atoms with Crippen LogP contribution in [0.4, 0.5) is 0 Å². The SMILES string of the molecule is CCc1ccc(CNCc2cnnn2C)cc1. The van der Waals surface area contributed by atoms with Crippen molar-refractivity contribution in [1.82, 2.24) is 20.3 Å². The summed E-state index contributed by atoms with van der Waals surface area (Å²) < 4.78 is 1.78. The molecule has 2 rings (SSSR count). The van der Waals surface area contributed by atoms with Crippen molar-refractivity contribution < 1.29 is 0 Å². The summed E-state index contributed by atoms with van der Waals surface area (Å²) in [4.78, 5) is 0. The molecule has 4 nitrogen and oxygen atoms in total. The molecule has 0 bridgehead atoms. The van der Waals surface area contributed by atoms with Crippen LogP contribution in [0, 0.1) is 0 Å². The Kier molecular flexibility index (Phi) is 3.88. The van der Waals surface area contributed by atoms with Gasteiger partial charge in [-0.25, -0.2) is 0 Å². The number of benzene rings is 1. The summed E-state index contributed by atoms with van der Waals surface area (Å²) in [5.41, 5.74) is 3.78. The highest BCUT2D eigenvalue weighted by Crippen LogP contribution is 2.05. The molecule has 0 saturated carbocycles. The number of hydrogen-bond donors (Lipinski definition) is 1. The van der Waals surface area contributed by atoms with Crippen LogP contribution in [0.15, 0.2) is 30.5 Å². The van der Waals surface area contributed by atoms with Crippen LogP contribution in [-0.4, -0.2) is 15.0 Å². The third kappa shape index (κ3) is 3.14. The molecule has 1 aromatic heterocycles. The predicted octanol–water partition coefficient (Wildman–Crippen LogP) is 1.67. The molecular formula is C13H18N4. The van der Waals surface area contributed by atoms with Gasteiger partial charge in [-0.2, -0.15) is 0 Å². The van der Waals surface area contributed by atoms with Crippen LogP contribution < -0.4 is 5.32 Å². The Morgan fingerprint density at radius 1 is 1.12 bits per heavy atom. The van der Waals surface area contributed by atoms with Crippen molar-refractivity contribution in [2.75, 3.05) is 0 Å². The Labute approximate surface area is 102 Å². The van der Waals surface area contributed by atoms with E-state index in [0.29, 0.717) is 0 Å². The number of aromatic nitrogens is 3. The molecule has 1 N–H and O–H groups in total. The van der Waals surface area contributed by atoms with Crippen molar-refractivity contribution in [3.05, 3.63) is 47.3 Å². The third-order valence-electron chi connectivity index (χ3n) is 2.87. The summed E-state index contributed by atoms with van der Waals surface area (Å²) in [6.45, 7) is 3.83. The van der Waals surface area contributed by atoms with Crippen molar-refractivity contribution in [2.24, 2.45) is 7.05 Å². The molecule has 0 spiro atoms. The van der Waals surface area contributed by atoms with Gasteiger partial charge in [-0.15, -0.1) is 5.10 Å². The molecular weight excluding hydrogens is 212 g/mol. The van der Waals surface area contributed by atoms with Crippen molar-refractivity contribution in [3.8, 4) is 0 Å². The van der Waals surface area contributed by atoms with Gasteiger partial charge in [0.1, 0.15) is 0 Å². The molecule has 0 radical (unpaired) electrons. The lowest BCUT2D eigenvalue weighted by molar-refractivity contribution is 0.617. The molecule has 4 heteroatoms. The Bertz CT molecular complexity index is 459. The molecule has 0 fully saturated rings. The highest BCUT2D eigenvalue weighted by molar-refractivity contribution is 5.22. The lowest BCUT2D eigenvalue weighted by atomic mass is 10.1. The maximum absolute atomic E-state index is 3.89. The van der Waals surface area contributed by atoms with Crippen molar-refractivity contribution in [3.63, 3.8) is 0 Å². The summed E-state index contributed by atoms with van der Waals surface area (Å²) in [6.07, 6.45) is 2.88. The van der Waals surface area contributed by atoms with E-state index in [1.54, 1.807) is 10.9 Å². The summed E-state index contributed by atoms with van der Waals surface area (Å²) in [5, 5.41) is 11.1. The zero-order chi connectivity index (χ0) is 12.1. The topological polar surface area (TPSA) is 42.7 Å². The van der Waals surface area contributed by atoms with Gasteiger partial charge in [-0.1, -0.05) is 36.4 Å². The first-order valence-electron chi connectivity index (χ1n) is 5.91. The van der Waals surface area contributed by atoms with Gasteiger partial charge in [0.05, 0.1) is 11.9 Å². The number of nitrogens with zero attached hydrogens (tertiary/aromatic N) is 3. The van der Waals surface area contributed by atoms with Crippen LogP contribution >= 0.6 is 0 Å². The van der Waals surface area contributed by atoms with Crippen LogP contribution in [0.25, 0.3) is 0 Å². The van der Waals surface area contributed by atoms with Gasteiger partial charge >= 0.3 is 0 Å². The molecule has 17 heavy (non-hydrogen) atoms. The molecule has 0 unspecified atom stereocenters. The minimum Gasteiger partial charge on any atom is -0.307 e. The van der Waals surface area contributed by atoms with E-state index in [0.717, 1.165) is 25.2 Å². The second kappa shape index (κ2) is 5.59. The van der Waals surface area contributed by atoms with Crippen molar-refractivity contribution in [2.45, 2.75) is 26.4 Å². The number of nitrogens with one attached hydrogen (secondary N) is 1. The monoisotopic (exact) mass is 230 g/mol. The molecule has 1 aromatic carbocycles. The fraction of sp³-hybridized carbons (Fsp3) is 0.385. The van der Waals surface area contributed by atoms with E-state index in [1.807, 2.05) is 7.05 Å². The molecule has 0 aliphatic rings. The summed E-state index contributed by atoms with van der Waals surface area (Å²) >= 11 is 0. The molecule has 2 aromatic rings. The first-order chi connectivity index (χ1) is 8.29. The van der Waals surface area contributed by atoms with Gasteiger partial charge in [0.15, 0.2) is 0 Å². The maximum Gasteiger partial charge on any atom is 0.0738 e. The molecule has 0 saturated heterocycles. The Hall–Kier alpha value is -1.68. The Morgan fingerprint density at radius 3 is 2.41 bits per heavy atom. The zero-order valence-electron chi connectivity index (χ0n) is 10.3. The van der Waals surface area contributed by atoms with Gasteiger partial charge in [0.25, 0.3) is 0 Å². The number of aryl methyl sites for hydroxylation is 2. The van der Waals surface area contributed by atoms with Crippen LogP contribution in [-0.2, 0) is 26.6 Å². The highest BCUT2D eigenvalue weighted by Gasteiger charge is 1.99. The number of hydrogen-bond acceptors (Lipinski definition) is 3. The summed E-state index contributed by atoms with van der Waals surface area (Å²) in [6, 6.07) is 8.71. The lowest BCUT2D eigenvalue weighted by Gasteiger charge is -2.05. The fourth-order valence-corrected chi connectivity index (χ4v) is 1.70. The van der Waals surface area contributed by atoms with E-state index < -0.39 is 0 Å². The normalized spacial score (nSPS) is 10.7. The standard InChI is InChI=1S/C13H18N4/c1-3-11-4-6-12(7-5-11)8-14-9-13-10-15-16-17(13)2/h4-7,10,14H,3,8-9H2,1-2H3. The van der Waals surface area contributed by atoms with Crippen LogP contribution in [0.3, 0.4) is 0 Å². The van der Waals surface area contributed by atoms with Gasteiger partial charge < -0.3 is 5.32 Å². The van der Waals surface area contributed by atoms with Crippen molar-refractivity contribution in [1.29, 1.82) is 0 Å². The average Bonchev–Trinajstić information content (AvgIpc) is 2.76. The van der Waals surface area contributed by atoms with E-state index in [4.69, 9.17) is 0 Å². The van der Waals surface area contributed by atoms with Crippen LogP contribution in [0.1, 0.15) is 23.7 Å². The van der Waals surface area contributed by atoms with Gasteiger partial charge in [-0.05, 0) is 17.5 Å². The van der Waals surface area contributed by atoms with E-state index in [-0.39, 0.29) is 0 Å². The first kappa shape index (κ1) is 11.8. The van der Waals surface area contributed by atoms with E-state index in [1.165, 1.54) is 11.1 Å². The Morgan fingerprint density at radius 2 is 1.82 bits per heavy atom. The second-order valence-corrected chi connectivity index (χ2v) is 4.12. The molecule has 1 heterocycles. The fourth-order valence-electron chi connectivity index (χ4n) is 1.70. The average molecular weight is 230 g/mol. The highest BCUT2D eigenvalue weighted by atomic mass is 15.4. The molecule has 0 aliphatic heterocycles. The molecule has 90 valence electrons. The lowest BCUT2D eigenvalue weighted by Crippen LogP contribution is -2.15. The third-order valence-corrected chi connectivity index (χ3v) is 2.87. The van der Waals surface area contributed by atoms with E-state index in [2.05, 4.69) is 46.8 Å². The Balaban J connectivity index is 1.83. The van der Waals surface area contributed by atoms with Crippen LogP contribution in [0.5, 0.6) is 0 Å². The summed E-state index contributed by atoms with van der Waals surface area (Å²) in [5.74, 6) is 0. The minimum atomic E-state index is 0.791. The smallest absolute Gasteiger partial charge is 0.0738 e. The van der Waals surface area contributed by atoms with E-state index >= 15 is 0 Å². The zero-order valence-corrected chi connectivity index (χ0v) is 10.3. The quantitative estimate of drug-likeness (QED) is 0.849. The van der Waals surface area contributed by atoms with Gasteiger partial charge in [-0.3, -0.25) is 4.68 Å².